The molecule has 0 atom stereocenters. The fourth-order valence-corrected chi connectivity index (χ4v) is 2.62. The maximum Gasteiger partial charge on any atom is 0.121 e. The first-order valence-corrected chi connectivity index (χ1v) is 6.66. The molecule has 1 aromatic rings. The van der Waals surface area contributed by atoms with Gasteiger partial charge < -0.3 is 15.4 Å². The summed E-state index contributed by atoms with van der Waals surface area (Å²) in [7, 11) is 0. The zero-order valence-corrected chi connectivity index (χ0v) is 10.2. The van der Waals surface area contributed by atoms with E-state index in [1.807, 2.05) is 0 Å². The van der Waals surface area contributed by atoms with Gasteiger partial charge in [-0.3, -0.25) is 0 Å². The number of nitrogens with one attached hydrogen (secondary N) is 2. The van der Waals surface area contributed by atoms with Crippen molar-refractivity contribution in [2.24, 2.45) is 0 Å². The predicted octanol–water partition coefficient (Wildman–Crippen LogP) is 2.18. The van der Waals surface area contributed by atoms with Crippen molar-refractivity contribution >= 4 is 5.69 Å². The zero-order valence-electron chi connectivity index (χ0n) is 10.2. The molecule has 2 aliphatic heterocycles. The van der Waals surface area contributed by atoms with Crippen molar-refractivity contribution in [2.75, 3.05) is 25.0 Å². The second-order valence-electron chi connectivity index (χ2n) is 4.92. The van der Waals surface area contributed by atoms with Crippen LogP contribution in [0.5, 0.6) is 5.75 Å². The van der Waals surface area contributed by atoms with Crippen LogP contribution in [0.25, 0.3) is 0 Å². The van der Waals surface area contributed by atoms with Crippen molar-refractivity contribution in [3.8, 4) is 5.75 Å². The van der Waals surface area contributed by atoms with Crippen LogP contribution in [0.2, 0.25) is 0 Å². The monoisotopic (exact) mass is 232 g/mol. The van der Waals surface area contributed by atoms with Crippen molar-refractivity contribution in [1.82, 2.24) is 5.32 Å². The summed E-state index contributed by atoms with van der Waals surface area (Å²) in [5.41, 5.74) is 2.69. The molecule has 2 heterocycles. The number of benzene rings is 1. The van der Waals surface area contributed by atoms with E-state index in [0.717, 1.165) is 38.2 Å². The molecule has 1 fully saturated rings. The molecule has 1 saturated heterocycles. The van der Waals surface area contributed by atoms with Crippen molar-refractivity contribution in [1.29, 1.82) is 0 Å². The largest absolute Gasteiger partial charge is 0.490 e. The first-order valence-electron chi connectivity index (χ1n) is 6.66. The Hall–Kier alpha value is -1.22. The second kappa shape index (κ2) is 4.96. The molecule has 0 radical (unpaired) electrons. The first-order chi connectivity index (χ1) is 8.42. The zero-order chi connectivity index (χ0) is 11.5. The summed E-state index contributed by atoms with van der Waals surface area (Å²) >= 11 is 0. The Bertz CT molecular complexity index is 386. The van der Waals surface area contributed by atoms with Gasteiger partial charge in [0.05, 0.1) is 0 Å². The van der Waals surface area contributed by atoms with Gasteiger partial charge in [-0.2, -0.15) is 0 Å². The lowest BCUT2D eigenvalue weighted by atomic mass is 10.0. The number of fused-ring (bicyclic) bond motifs is 1. The van der Waals surface area contributed by atoms with Crippen LogP contribution in [-0.4, -0.2) is 25.7 Å². The van der Waals surface area contributed by atoms with E-state index in [4.69, 9.17) is 4.74 Å². The Morgan fingerprint density at radius 3 is 2.88 bits per heavy atom. The minimum atomic E-state index is 0.387. The number of aryl methyl sites for hydroxylation is 1. The predicted molar refractivity (Wildman–Crippen MR) is 69.8 cm³/mol. The highest BCUT2D eigenvalue weighted by atomic mass is 16.5. The minimum Gasteiger partial charge on any atom is -0.490 e. The number of piperidine rings is 1. The average molecular weight is 232 g/mol. The summed E-state index contributed by atoms with van der Waals surface area (Å²) in [6.45, 7) is 3.24. The summed E-state index contributed by atoms with van der Waals surface area (Å²) in [4.78, 5) is 0. The Kier molecular flexibility index (Phi) is 3.18. The summed E-state index contributed by atoms with van der Waals surface area (Å²) in [5, 5.41) is 6.81. The third-order valence-electron chi connectivity index (χ3n) is 3.61. The molecule has 0 aromatic heterocycles. The molecular weight excluding hydrogens is 212 g/mol. The van der Waals surface area contributed by atoms with E-state index < -0.39 is 0 Å². The van der Waals surface area contributed by atoms with Crippen LogP contribution >= 0.6 is 0 Å². The molecule has 3 nitrogen and oxygen atoms in total. The highest BCUT2D eigenvalue weighted by Gasteiger charge is 2.15. The topological polar surface area (TPSA) is 33.3 Å². The molecule has 3 heteroatoms. The maximum absolute atomic E-state index is 6.04. The Morgan fingerprint density at radius 2 is 2.00 bits per heavy atom. The number of hydrogen-bond donors (Lipinski definition) is 2. The highest BCUT2D eigenvalue weighted by molar-refractivity contribution is 5.56. The third kappa shape index (κ3) is 2.55. The summed E-state index contributed by atoms with van der Waals surface area (Å²) < 4.78 is 6.04. The lowest BCUT2D eigenvalue weighted by molar-refractivity contribution is 0.162. The number of ether oxygens (including phenoxy) is 1. The maximum atomic E-state index is 6.04. The minimum absolute atomic E-state index is 0.387. The van der Waals surface area contributed by atoms with E-state index in [-0.39, 0.29) is 0 Å². The standard InChI is InChI=1S/C14H20N2O/c1-2-11-3-4-13(10-14(11)16-7-1)17-12-5-8-15-9-6-12/h3-4,10,12,15-16H,1-2,5-9H2. The summed E-state index contributed by atoms with van der Waals surface area (Å²) in [5.74, 6) is 1.02. The van der Waals surface area contributed by atoms with Crippen molar-refractivity contribution < 1.29 is 4.74 Å². The van der Waals surface area contributed by atoms with Gasteiger partial charge in [0.1, 0.15) is 11.9 Å². The smallest absolute Gasteiger partial charge is 0.121 e. The van der Waals surface area contributed by atoms with Crippen molar-refractivity contribution in [2.45, 2.75) is 31.8 Å². The van der Waals surface area contributed by atoms with Crippen LogP contribution in [-0.2, 0) is 6.42 Å². The normalized spacial score (nSPS) is 20.5. The Balaban J connectivity index is 1.70. The molecule has 1 aromatic carbocycles. The molecule has 0 unspecified atom stereocenters. The third-order valence-corrected chi connectivity index (χ3v) is 3.61. The average Bonchev–Trinajstić information content (AvgIpc) is 2.40. The van der Waals surface area contributed by atoms with Gasteiger partial charge in [-0.15, -0.1) is 0 Å². The first kappa shape index (κ1) is 10.9. The van der Waals surface area contributed by atoms with E-state index in [0.29, 0.717) is 6.10 Å². The summed E-state index contributed by atoms with van der Waals surface area (Å²) in [6, 6.07) is 6.49. The lowest BCUT2D eigenvalue weighted by Crippen LogP contribution is -2.34. The van der Waals surface area contributed by atoms with E-state index in [1.54, 1.807) is 0 Å². The van der Waals surface area contributed by atoms with Crippen molar-refractivity contribution in [3.05, 3.63) is 23.8 Å². The van der Waals surface area contributed by atoms with Crippen LogP contribution in [0.3, 0.4) is 0 Å². The quantitative estimate of drug-likeness (QED) is 0.820. The lowest BCUT2D eigenvalue weighted by Gasteiger charge is -2.25. The van der Waals surface area contributed by atoms with Gasteiger partial charge in [0.15, 0.2) is 0 Å². The van der Waals surface area contributed by atoms with E-state index in [9.17, 15) is 0 Å². The highest BCUT2D eigenvalue weighted by Crippen LogP contribution is 2.27. The molecule has 2 aliphatic rings. The Labute approximate surface area is 103 Å². The number of anilines is 1. The second-order valence-corrected chi connectivity index (χ2v) is 4.92. The molecule has 0 aliphatic carbocycles. The number of hydrogen-bond acceptors (Lipinski definition) is 3. The van der Waals surface area contributed by atoms with Crippen LogP contribution in [0.15, 0.2) is 18.2 Å². The molecule has 2 N–H and O–H groups in total. The van der Waals surface area contributed by atoms with Gasteiger partial charge in [0.25, 0.3) is 0 Å². The molecule has 0 spiro atoms. The summed E-state index contributed by atoms with van der Waals surface area (Å²) in [6.07, 6.45) is 5.05. The fraction of sp³-hybridized carbons (Fsp3) is 0.571. The molecule has 0 saturated carbocycles. The van der Waals surface area contributed by atoms with Gasteiger partial charge in [-0.05, 0) is 50.4 Å². The van der Waals surface area contributed by atoms with E-state index in [2.05, 4.69) is 28.8 Å². The molecule has 92 valence electrons. The molecular formula is C14H20N2O. The van der Waals surface area contributed by atoms with Gasteiger partial charge in [-0.1, -0.05) is 6.07 Å². The van der Waals surface area contributed by atoms with Crippen LogP contribution in [0.4, 0.5) is 5.69 Å². The molecule has 3 rings (SSSR count). The molecule has 0 amide bonds. The molecule has 17 heavy (non-hydrogen) atoms. The van der Waals surface area contributed by atoms with Crippen LogP contribution in [0.1, 0.15) is 24.8 Å². The Morgan fingerprint density at radius 1 is 1.12 bits per heavy atom. The van der Waals surface area contributed by atoms with Gasteiger partial charge in [0, 0.05) is 18.3 Å². The fourth-order valence-electron chi connectivity index (χ4n) is 2.62. The molecule has 0 bridgehead atoms. The van der Waals surface area contributed by atoms with Gasteiger partial charge >= 0.3 is 0 Å². The van der Waals surface area contributed by atoms with Gasteiger partial charge in [0.2, 0.25) is 0 Å². The SMILES string of the molecule is c1cc2c(cc1OC1CCNCC1)NCCC2. The number of rotatable bonds is 2. The van der Waals surface area contributed by atoms with Crippen LogP contribution in [0, 0.1) is 0 Å². The van der Waals surface area contributed by atoms with Crippen molar-refractivity contribution in [3.63, 3.8) is 0 Å². The van der Waals surface area contributed by atoms with Gasteiger partial charge in [-0.25, -0.2) is 0 Å². The van der Waals surface area contributed by atoms with E-state index in [1.165, 1.54) is 24.1 Å². The van der Waals surface area contributed by atoms with Crippen LogP contribution < -0.4 is 15.4 Å². The van der Waals surface area contributed by atoms with E-state index >= 15 is 0 Å².